The molecule has 0 saturated carbocycles. The van der Waals surface area contributed by atoms with Crippen molar-refractivity contribution in [2.75, 3.05) is 0 Å². The Morgan fingerprint density at radius 1 is 1.17 bits per heavy atom. The van der Waals surface area contributed by atoms with Crippen molar-refractivity contribution in [2.24, 2.45) is 0 Å². The second-order valence-corrected chi connectivity index (χ2v) is 7.90. The van der Waals surface area contributed by atoms with Gasteiger partial charge in [-0.15, -0.1) is 0 Å². The summed E-state index contributed by atoms with van der Waals surface area (Å²) < 4.78 is 47.0. The number of hydrogen-bond donors (Lipinski definition) is 0. The lowest BCUT2D eigenvalue weighted by atomic mass is 10.2. The normalized spacial score (nSPS) is 11.9. The summed E-state index contributed by atoms with van der Waals surface area (Å²) in [7, 11) is 0. The molecule has 0 radical (unpaired) electrons. The largest absolute Gasteiger partial charge is 0.435 e. The zero-order valence-electron chi connectivity index (χ0n) is 13.8. The standard InChI is InChI=1S/C17H6Br2ClF3N4O2/c18-7-4-8-13(9(19)5-7)25-15(29-16(8)28)11-6-12(17(21,22)23)26-27(11)14-10(20)2-1-3-24-14/h1-6H. The summed E-state index contributed by atoms with van der Waals surface area (Å²) in [4.78, 5) is 20.7. The lowest BCUT2D eigenvalue weighted by Gasteiger charge is -2.08. The van der Waals surface area contributed by atoms with Crippen LogP contribution in [0.1, 0.15) is 5.69 Å². The van der Waals surface area contributed by atoms with Gasteiger partial charge in [0.1, 0.15) is 5.69 Å². The Morgan fingerprint density at radius 3 is 2.62 bits per heavy atom. The predicted octanol–water partition coefficient (Wildman–Crippen LogP) is 5.63. The van der Waals surface area contributed by atoms with Crippen molar-refractivity contribution in [3.05, 3.63) is 66.6 Å². The first-order valence-electron chi connectivity index (χ1n) is 7.73. The summed E-state index contributed by atoms with van der Waals surface area (Å²) in [6.45, 7) is 0. The van der Waals surface area contributed by atoms with Crippen LogP contribution in [0.3, 0.4) is 0 Å². The number of hydrogen-bond acceptors (Lipinski definition) is 5. The van der Waals surface area contributed by atoms with Gasteiger partial charge in [0.05, 0.1) is 15.9 Å². The molecule has 0 N–H and O–H groups in total. The lowest BCUT2D eigenvalue weighted by molar-refractivity contribution is -0.141. The van der Waals surface area contributed by atoms with Crippen LogP contribution in [0, 0.1) is 0 Å². The fourth-order valence-electron chi connectivity index (χ4n) is 2.58. The molecule has 0 spiro atoms. The van der Waals surface area contributed by atoms with Gasteiger partial charge in [0, 0.05) is 21.2 Å². The summed E-state index contributed by atoms with van der Waals surface area (Å²) in [5, 5.41) is 3.76. The van der Waals surface area contributed by atoms with Crippen LogP contribution < -0.4 is 5.63 Å². The molecule has 0 aliphatic heterocycles. The average molecular weight is 551 g/mol. The minimum Gasteiger partial charge on any atom is -0.401 e. The molecule has 0 atom stereocenters. The number of nitrogens with zero attached hydrogens (tertiary/aromatic N) is 4. The first-order chi connectivity index (χ1) is 13.6. The van der Waals surface area contributed by atoms with Crippen molar-refractivity contribution in [3.63, 3.8) is 0 Å². The van der Waals surface area contributed by atoms with Crippen LogP contribution in [0.2, 0.25) is 5.02 Å². The molecule has 0 aliphatic carbocycles. The predicted molar refractivity (Wildman–Crippen MR) is 106 cm³/mol. The molecule has 4 rings (SSSR count). The van der Waals surface area contributed by atoms with E-state index in [4.69, 9.17) is 16.0 Å². The van der Waals surface area contributed by atoms with Crippen molar-refractivity contribution in [3.8, 4) is 17.4 Å². The highest BCUT2D eigenvalue weighted by Crippen LogP contribution is 2.34. The molecule has 0 aliphatic rings. The number of aromatic nitrogens is 4. The van der Waals surface area contributed by atoms with Crippen molar-refractivity contribution in [1.29, 1.82) is 0 Å². The Kier molecular flexibility index (Phi) is 4.99. The minimum absolute atomic E-state index is 0.0545. The van der Waals surface area contributed by atoms with E-state index in [9.17, 15) is 18.0 Å². The van der Waals surface area contributed by atoms with Gasteiger partial charge in [-0.25, -0.2) is 19.4 Å². The quantitative estimate of drug-likeness (QED) is 0.323. The zero-order chi connectivity index (χ0) is 20.9. The SMILES string of the molecule is O=c1oc(-c2cc(C(F)(F)F)nn2-c2ncccc2Cl)nc2c(Br)cc(Br)cc12. The van der Waals surface area contributed by atoms with Crippen molar-refractivity contribution >= 4 is 54.4 Å². The molecule has 1 aromatic carbocycles. The fraction of sp³-hybridized carbons (Fsp3) is 0.0588. The summed E-state index contributed by atoms with van der Waals surface area (Å²) in [6.07, 6.45) is -3.40. The molecule has 0 saturated heterocycles. The molecule has 0 fully saturated rings. The average Bonchev–Trinajstić information content (AvgIpc) is 3.08. The van der Waals surface area contributed by atoms with Crippen LogP contribution in [0.15, 0.2) is 54.7 Å². The third kappa shape index (κ3) is 3.69. The molecule has 29 heavy (non-hydrogen) atoms. The van der Waals surface area contributed by atoms with Gasteiger partial charge in [0.25, 0.3) is 0 Å². The van der Waals surface area contributed by atoms with E-state index in [0.29, 0.717) is 8.95 Å². The van der Waals surface area contributed by atoms with Gasteiger partial charge in [-0.2, -0.15) is 18.3 Å². The Hall–Kier alpha value is -2.24. The molecule has 6 nitrogen and oxygen atoms in total. The van der Waals surface area contributed by atoms with Crippen LogP contribution in [0.4, 0.5) is 13.2 Å². The molecule has 148 valence electrons. The second kappa shape index (κ2) is 7.22. The minimum atomic E-state index is -4.75. The zero-order valence-corrected chi connectivity index (χ0v) is 17.8. The van der Waals surface area contributed by atoms with E-state index >= 15 is 0 Å². The molecular weight excluding hydrogens is 544 g/mol. The number of pyridine rings is 1. The van der Waals surface area contributed by atoms with Crippen molar-refractivity contribution < 1.29 is 17.6 Å². The van der Waals surface area contributed by atoms with Gasteiger partial charge in [0.2, 0.25) is 5.89 Å². The maximum Gasteiger partial charge on any atom is 0.435 e. The number of benzene rings is 1. The van der Waals surface area contributed by atoms with Crippen molar-refractivity contribution in [2.45, 2.75) is 6.18 Å². The number of fused-ring (bicyclic) bond motifs is 1. The van der Waals surface area contributed by atoms with Gasteiger partial charge in [-0.1, -0.05) is 27.5 Å². The molecule has 12 heteroatoms. The topological polar surface area (TPSA) is 73.8 Å². The van der Waals surface area contributed by atoms with E-state index in [2.05, 4.69) is 46.9 Å². The van der Waals surface area contributed by atoms with Crippen LogP contribution in [0.25, 0.3) is 28.3 Å². The van der Waals surface area contributed by atoms with Crippen LogP contribution in [-0.2, 0) is 6.18 Å². The van der Waals surface area contributed by atoms with E-state index in [-0.39, 0.29) is 33.3 Å². The maximum atomic E-state index is 13.3. The smallest absolute Gasteiger partial charge is 0.401 e. The van der Waals surface area contributed by atoms with E-state index < -0.39 is 17.5 Å². The highest BCUT2D eigenvalue weighted by molar-refractivity contribution is 9.11. The van der Waals surface area contributed by atoms with Gasteiger partial charge in [-0.3, -0.25) is 0 Å². The van der Waals surface area contributed by atoms with E-state index in [1.165, 1.54) is 24.4 Å². The van der Waals surface area contributed by atoms with Crippen LogP contribution in [0.5, 0.6) is 0 Å². The van der Waals surface area contributed by atoms with Crippen molar-refractivity contribution in [1.82, 2.24) is 19.7 Å². The van der Waals surface area contributed by atoms with E-state index in [0.717, 1.165) is 10.7 Å². The highest BCUT2D eigenvalue weighted by Gasteiger charge is 2.36. The van der Waals surface area contributed by atoms with E-state index in [1.54, 1.807) is 6.07 Å². The fourth-order valence-corrected chi connectivity index (χ4v) is 4.09. The van der Waals surface area contributed by atoms with Gasteiger partial charge in [0.15, 0.2) is 11.5 Å². The first-order valence-corrected chi connectivity index (χ1v) is 9.70. The first kappa shape index (κ1) is 20.0. The Morgan fingerprint density at radius 2 is 1.93 bits per heavy atom. The molecule has 3 heterocycles. The lowest BCUT2D eigenvalue weighted by Crippen LogP contribution is -2.09. The highest BCUT2D eigenvalue weighted by atomic mass is 79.9. The van der Waals surface area contributed by atoms with E-state index in [1.807, 2.05) is 0 Å². The summed E-state index contributed by atoms with van der Waals surface area (Å²) in [6, 6.07) is 6.82. The maximum absolute atomic E-state index is 13.3. The summed E-state index contributed by atoms with van der Waals surface area (Å²) >= 11 is 12.6. The number of rotatable bonds is 2. The molecular formula is C17H6Br2ClF3N4O2. The van der Waals surface area contributed by atoms with Crippen LogP contribution in [-0.4, -0.2) is 19.7 Å². The summed E-state index contributed by atoms with van der Waals surface area (Å²) in [5.74, 6) is -0.436. The molecule has 0 unspecified atom stereocenters. The van der Waals surface area contributed by atoms with Gasteiger partial charge < -0.3 is 4.42 Å². The third-order valence-corrected chi connectivity index (χ3v) is 5.17. The Bertz CT molecular complexity index is 1320. The second-order valence-electron chi connectivity index (χ2n) is 5.72. The Labute approximate surface area is 181 Å². The third-order valence-electron chi connectivity index (χ3n) is 3.81. The molecule has 0 bridgehead atoms. The summed E-state index contributed by atoms with van der Waals surface area (Å²) in [5.41, 5.74) is -2.01. The Balaban J connectivity index is 2.04. The van der Waals surface area contributed by atoms with Gasteiger partial charge >= 0.3 is 11.8 Å². The molecule has 0 amide bonds. The van der Waals surface area contributed by atoms with Crippen LogP contribution >= 0.6 is 43.5 Å². The molecule has 4 aromatic rings. The number of alkyl halides is 3. The molecule has 3 aromatic heterocycles. The van der Waals surface area contributed by atoms with Gasteiger partial charge in [-0.05, 0) is 40.2 Å². The monoisotopic (exact) mass is 548 g/mol. The number of halogens is 6.